The van der Waals surface area contributed by atoms with Gasteiger partial charge < -0.3 is 20.3 Å². The lowest BCUT2D eigenvalue weighted by molar-refractivity contribution is -0.192. The molecule has 156 valence electrons. The SMILES string of the molecule is CSCCC(C)NCC(O)COc1ccc(C)cc1C.O=C(O)C(F)(F)F. The van der Waals surface area contributed by atoms with Crippen LogP contribution in [0.15, 0.2) is 18.2 Å². The number of carbonyl (C=O) groups is 1. The summed E-state index contributed by atoms with van der Waals surface area (Å²) in [5.74, 6) is -0.763. The summed E-state index contributed by atoms with van der Waals surface area (Å²) in [6.45, 7) is 7.13. The Kier molecular flexibility index (Phi) is 12.2. The van der Waals surface area contributed by atoms with E-state index in [9.17, 15) is 18.3 Å². The standard InChI is InChI=1S/C16H27NO2S.C2HF3O2/c1-12-5-6-16(13(2)9-12)19-11-15(18)10-17-14(3)7-8-20-4;3-2(4,5)1(6)7/h5-6,9,14-15,17-18H,7-8,10-11H2,1-4H3;(H,6,7). The smallest absolute Gasteiger partial charge is 0.490 e. The van der Waals surface area contributed by atoms with Gasteiger partial charge in [0.1, 0.15) is 18.5 Å². The van der Waals surface area contributed by atoms with E-state index >= 15 is 0 Å². The van der Waals surface area contributed by atoms with Gasteiger partial charge in [-0.2, -0.15) is 24.9 Å². The predicted octanol–water partition coefficient (Wildman–Crippen LogP) is 3.41. The van der Waals surface area contributed by atoms with Gasteiger partial charge in [0.25, 0.3) is 0 Å². The van der Waals surface area contributed by atoms with Crippen molar-refractivity contribution in [3.8, 4) is 5.75 Å². The van der Waals surface area contributed by atoms with Crippen molar-refractivity contribution in [1.29, 1.82) is 0 Å². The second-order valence-electron chi connectivity index (χ2n) is 6.13. The van der Waals surface area contributed by atoms with Crippen molar-refractivity contribution in [3.63, 3.8) is 0 Å². The molecule has 0 saturated carbocycles. The number of carboxylic acid groups (broad SMARTS) is 1. The van der Waals surface area contributed by atoms with Crippen molar-refractivity contribution < 1.29 is 32.9 Å². The van der Waals surface area contributed by atoms with Crippen molar-refractivity contribution >= 4 is 17.7 Å². The third-order valence-corrected chi connectivity index (χ3v) is 4.11. The third-order valence-electron chi connectivity index (χ3n) is 3.46. The number of nitrogens with one attached hydrogen (secondary N) is 1. The molecule has 0 aliphatic rings. The van der Waals surface area contributed by atoms with E-state index in [2.05, 4.69) is 31.5 Å². The van der Waals surface area contributed by atoms with Gasteiger partial charge in [0.2, 0.25) is 0 Å². The van der Waals surface area contributed by atoms with Gasteiger partial charge in [-0.05, 0) is 50.8 Å². The highest BCUT2D eigenvalue weighted by atomic mass is 32.2. The zero-order chi connectivity index (χ0) is 21.0. The molecule has 1 rings (SSSR count). The molecule has 0 radical (unpaired) electrons. The van der Waals surface area contributed by atoms with Crippen LogP contribution in [0.1, 0.15) is 24.5 Å². The molecule has 0 aliphatic carbocycles. The molecule has 0 fully saturated rings. The van der Waals surface area contributed by atoms with E-state index in [0.29, 0.717) is 19.2 Å². The van der Waals surface area contributed by atoms with Crippen molar-refractivity contribution in [1.82, 2.24) is 5.32 Å². The summed E-state index contributed by atoms with van der Waals surface area (Å²) >= 11 is 1.85. The largest absolute Gasteiger partial charge is 0.491 e. The number of halogens is 3. The number of alkyl halides is 3. The van der Waals surface area contributed by atoms with Gasteiger partial charge in [0, 0.05) is 12.6 Å². The molecular formula is C18H28F3NO4S. The van der Waals surface area contributed by atoms with Crippen molar-refractivity contribution in [2.24, 2.45) is 0 Å². The first-order chi connectivity index (χ1) is 12.5. The van der Waals surface area contributed by atoms with Crippen LogP contribution in [0.25, 0.3) is 0 Å². The van der Waals surface area contributed by atoms with Gasteiger partial charge >= 0.3 is 12.1 Å². The van der Waals surface area contributed by atoms with Crippen LogP contribution in [-0.4, -0.2) is 59.7 Å². The Morgan fingerprint density at radius 2 is 1.93 bits per heavy atom. The molecule has 0 aromatic heterocycles. The lowest BCUT2D eigenvalue weighted by atomic mass is 10.1. The predicted molar refractivity (Wildman–Crippen MR) is 102 cm³/mol. The van der Waals surface area contributed by atoms with Crippen LogP contribution in [0.5, 0.6) is 5.75 Å². The third kappa shape index (κ3) is 12.5. The molecule has 9 heteroatoms. The summed E-state index contributed by atoms with van der Waals surface area (Å²) in [6.07, 6.45) is -2.34. The Morgan fingerprint density at radius 3 is 2.41 bits per heavy atom. The summed E-state index contributed by atoms with van der Waals surface area (Å²) in [7, 11) is 0. The number of rotatable bonds is 9. The maximum absolute atomic E-state index is 10.6. The quantitative estimate of drug-likeness (QED) is 0.578. The lowest BCUT2D eigenvalue weighted by Crippen LogP contribution is -2.36. The van der Waals surface area contributed by atoms with Gasteiger partial charge in [-0.15, -0.1) is 0 Å². The number of benzene rings is 1. The monoisotopic (exact) mass is 411 g/mol. The van der Waals surface area contributed by atoms with Crippen LogP contribution in [0.2, 0.25) is 0 Å². The average Bonchev–Trinajstić information content (AvgIpc) is 2.57. The Morgan fingerprint density at radius 1 is 1.33 bits per heavy atom. The maximum Gasteiger partial charge on any atom is 0.490 e. The van der Waals surface area contributed by atoms with Gasteiger partial charge in [0.15, 0.2) is 0 Å². The van der Waals surface area contributed by atoms with E-state index in [0.717, 1.165) is 23.5 Å². The molecule has 27 heavy (non-hydrogen) atoms. The van der Waals surface area contributed by atoms with Crippen LogP contribution in [0.3, 0.4) is 0 Å². The van der Waals surface area contributed by atoms with E-state index in [1.807, 2.05) is 30.8 Å². The first kappa shape index (κ1) is 25.6. The summed E-state index contributed by atoms with van der Waals surface area (Å²) in [5, 5.41) is 20.4. The van der Waals surface area contributed by atoms with Gasteiger partial charge in [0.05, 0.1) is 0 Å². The van der Waals surface area contributed by atoms with Crippen molar-refractivity contribution in [2.45, 2.75) is 45.5 Å². The number of aliphatic carboxylic acids is 1. The molecule has 5 nitrogen and oxygen atoms in total. The Bertz CT molecular complexity index is 570. The fraction of sp³-hybridized carbons (Fsp3) is 0.611. The summed E-state index contributed by atoms with van der Waals surface area (Å²) in [4.78, 5) is 8.90. The second-order valence-corrected chi connectivity index (χ2v) is 7.11. The van der Waals surface area contributed by atoms with Gasteiger partial charge in [-0.25, -0.2) is 4.79 Å². The second kappa shape index (κ2) is 12.9. The molecule has 0 bridgehead atoms. The van der Waals surface area contributed by atoms with E-state index in [-0.39, 0.29) is 0 Å². The normalized spacial score (nSPS) is 13.3. The van der Waals surface area contributed by atoms with Crippen molar-refractivity contribution in [3.05, 3.63) is 29.3 Å². The number of aliphatic hydroxyl groups excluding tert-OH is 1. The number of hydrogen-bond acceptors (Lipinski definition) is 5. The topological polar surface area (TPSA) is 78.8 Å². The Balaban J connectivity index is 0.000000821. The minimum Gasteiger partial charge on any atom is -0.491 e. The van der Waals surface area contributed by atoms with Crippen LogP contribution in [-0.2, 0) is 4.79 Å². The fourth-order valence-corrected chi connectivity index (χ4v) is 2.53. The Hall–Kier alpha value is -1.45. The molecule has 0 amide bonds. The molecule has 3 N–H and O–H groups in total. The highest BCUT2D eigenvalue weighted by Crippen LogP contribution is 2.18. The van der Waals surface area contributed by atoms with Gasteiger partial charge in [-0.3, -0.25) is 0 Å². The Labute approximate surface area is 162 Å². The number of hydrogen-bond donors (Lipinski definition) is 3. The zero-order valence-corrected chi connectivity index (χ0v) is 16.8. The molecule has 0 aliphatic heterocycles. The minimum absolute atomic E-state index is 0.326. The van der Waals surface area contributed by atoms with Crippen LogP contribution >= 0.6 is 11.8 Å². The van der Waals surface area contributed by atoms with E-state index in [4.69, 9.17) is 14.6 Å². The van der Waals surface area contributed by atoms with E-state index in [1.54, 1.807) is 0 Å². The lowest BCUT2D eigenvalue weighted by Gasteiger charge is -2.18. The van der Waals surface area contributed by atoms with Crippen LogP contribution in [0, 0.1) is 13.8 Å². The average molecular weight is 411 g/mol. The highest BCUT2D eigenvalue weighted by molar-refractivity contribution is 7.98. The number of ether oxygens (including phenoxy) is 1. The minimum atomic E-state index is -5.08. The molecule has 0 spiro atoms. The van der Waals surface area contributed by atoms with E-state index in [1.165, 1.54) is 5.56 Å². The fourth-order valence-electron chi connectivity index (χ4n) is 1.94. The van der Waals surface area contributed by atoms with Crippen LogP contribution in [0.4, 0.5) is 13.2 Å². The molecule has 0 saturated heterocycles. The van der Waals surface area contributed by atoms with Gasteiger partial charge in [-0.1, -0.05) is 17.7 Å². The first-order valence-corrected chi connectivity index (χ1v) is 9.77. The first-order valence-electron chi connectivity index (χ1n) is 8.37. The molecule has 1 aromatic rings. The maximum atomic E-state index is 10.6. The molecule has 2 unspecified atom stereocenters. The number of aliphatic hydroxyl groups is 1. The summed E-state index contributed by atoms with van der Waals surface area (Å²) in [6, 6.07) is 6.51. The summed E-state index contributed by atoms with van der Waals surface area (Å²) in [5.41, 5.74) is 2.33. The molecule has 2 atom stereocenters. The van der Waals surface area contributed by atoms with Crippen molar-refractivity contribution in [2.75, 3.05) is 25.2 Å². The highest BCUT2D eigenvalue weighted by Gasteiger charge is 2.38. The summed E-state index contributed by atoms with van der Waals surface area (Å²) < 4.78 is 37.4. The van der Waals surface area contributed by atoms with Crippen LogP contribution < -0.4 is 10.1 Å². The zero-order valence-electron chi connectivity index (χ0n) is 16.0. The molecule has 0 heterocycles. The number of aryl methyl sites for hydroxylation is 2. The number of carboxylic acids is 1. The number of thioether (sulfide) groups is 1. The molecular weight excluding hydrogens is 383 g/mol. The molecule has 1 aromatic carbocycles. The van der Waals surface area contributed by atoms with E-state index < -0.39 is 18.2 Å².